The van der Waals surface area contributed by atoms with Crippen molar-refractivity contribution in [1.29, 1.82) is 0 Å². The number of nitrogens with one attached hydrogen (secondary N) is 1. The Kier molecular flexibility index (Phi) is 10.8. The number of ether oxygens (including phenoxy) is 2. The molecule has 40 heavy (non-hydrogen) atoms. The summed E-state index contributed by atoms with van der Waals surface area (Å²) in [5, 5.41) is 3.85. The Morgan fingerprint density at radius 3 is 2.42 bits per heavy atom. The highest BCUT2D eigenvalue weighted by Gasteiger charge is 2.47. The van der Waals surface area contributed by atoms with Gasteiger partial charge in [-0.25, -0.2) is 0 Å². The van der Waals surface area contributed by atoms with E-state index in [1.54, 1.807) is 7.11 Å². The van der Waals surface area contributed by atoms with E-state index in [0.29, 0.717) is 24.6 Å². The number of fused-ring (bicyclic) bond motifs is 1. The predicted molar refractivity (Wildman–Crippen MR) is 159 cm³/mol. The van der Waals surface area contributed by atoms with Crippen LogP contribution in [0.1, 0.15) is 98.7 Å². The van der Waals surface area contributed by atoms with Crippen LogP contribution in [-0.4, -0.2) is 37.7 Å². The molecule has 0 saturated heterocycles. The van der Waals surface area contributed by atoms with Crippen LogP contribution in [0.5, 0.6) is 0 Å². The number of nitrogens with two attached hydrogens (primary N) is 1. The highest BCUT2D eigenvalue weighted by Crippen LogP contribution is 2.44. The van der Waals surface area contributed by atoms with Gasteiger partial charge in [-0.2, -0.15) is 0 Å². The van der Waals surface area contributed by atoms with E-state index in [9.17, 15) is 9.59 Å². The van der Waals surface area contributed by atoms with Crippen LogP contribution in [-0.2, 0) is 32.7 Å². The van der Waals surface area contributed by atoms with Gasteiger partial charge in [0.15, 0.2) is 0 Å². The van der Waals surface area contributed by atoms with Gasteiger partial charge in [-0.05, 0) is 67.0 Å². The first-order chi connectivity index (χ1) is 19.4. The number of carbonyl (C=O) groups excluding carboxylic acids is 2. The van der Waals surface area contributed by atoms with Crippen LogP contribution in [0.3, 0.4) is 0 Å². The molecule has 3 N–H and O–H groups in total. The lowest BCUT2D eigenvalue weighted by Gasteiger charge is -2.49. The van der Waals surface area contributed by atoms with Crippen molar-refractivity contribution in [1.82, 2.24) is 5.32 Å². The van der Waals surface area contributed by atoms with E-state index >= 15 is 0 Å². The second-order valence-electron chi connectivity index (χ2n) is 11.8. The summed E-state index contributed by atoms with van der Waals surface area (Å²) in [7, 11) is 1.78. The van der Waals surface area contributed by atoms with E-state index in [1.807, 2.05) is 48.5 Å². The van der Waals surface area contributed by atoms with Gasteiger partial charge < -0.3 is 20.5 Å². The van der Waals surface area contributed by atoms with Gasteiger partial charge in [-0.1, -0.05) is 82.3 Å². The van der Waals surface area contributed by atoms with Crippen molar-refractivity contribution in [3.63, 3.8) is 0 Å². The van der Waals surface area contributed by atoms with Crippen molar-refractivity contribution < 1.29 is 19.1 Å². The third-order valence-corrected chi connectivity index (χ3v) is 9.64. The van der Waals surface area contributed by atoms with Gasteiger partial charge in [-0.3, -0.25) is 9.59 Å². The minimum atomic E-state index is -0.401. The Morgan fingerprint density at radius 1 is 1.05 bits per heavy atom. The van der Waals surface area contributed by atoms with Gasteiger partial charge in [0.2, 0.25) is 5.91 Å². The number of carbonyl (C=O) groups is 2. The van der Waals surface area contributed by atoms with Gasteiger partial charge in [0.1, 0.15) is 6.61 Å². The molecule has 0 spiro atoms. The zero-order valence-corrected chi connectivity index (χ0v) is 24.6. The van der Waals surface area contributed by atoms with Crippen molar-refractivity contribution in [2.45, 2.75) is 102 Å². The molecule has 2 aromatic carbocycles. The summed E-state index contributed by atoms with van der Waals surface area (Å²) in [6.07, 6.45) is 10.4. The average molecular weight is 549 g/mol. The monoisotopic (exact) mass is 548 g/mol. The molecule has 0 heterocycles. The zero-order chi connectivity index (χ0) is 28.5. The van der Waals surface area contributed by atoms with E-state index < -0.39 is 5.91 Å². The lowest BCUT2D eigenvalue weighted by molar-refractivity contribution is -0.151. The largest absolute Gasteiger partial charge is 0.461 e. The molecule has 2 aliphatic carbocycles. The maximum Gasteiger partial charge on any atom is 0.309 e. The van der Waals surface area contributed by atoms with E-state index in [4.69, 9.17) is 15.2 Å². The lowest BCUT2D eigenvalue weighted by atomic mass is 9.62. The molecule has 1 amide bonds. The number of primary amides is 1. The first kappa shape index (κ1) is 30.3. The Labute approximate surface area is 240 Å². The van der Waals surface area contributed by atoms with E-state index in [2.05, 4.69) is 19.2 Å². The molecule has 1 saturated carbocycles. The van der Waals surface area contributed by atoms with Gasteiger partial charge in [-0.15, -0.1) is 0 Å². The van der Waals surface area contributed by atoms with Crippen LogP contribution in [0.2, 0.25) is 0 Å². The summed E-state index contributed by atoms with van der Waals surface area (Å²) in [4.78, 5) is 25.4. The number of esters is 1. The first-order valence-electron chi connectivity index (χ1n) is 15.3. The molecule has 1 unspecified atom stereocenters. The molecule has 1 fully saturated rings. The highest BCUT2D eigenvalue weighted by atomic mass is 16.5. The van der Waals surface area contributed by atoms with Crippen molar-refractivity contribution >= 4 is 11.9 Å². The minimum absolute atomic E-state index is 0.00588. The summed E-state index contributed by atoms with van der Waals surface area (Å²) in [5.74, 6) is -0.0251. The standard InChI is InChI=1S/C34H48N2O4/c1-4-34(5-2)29-21-27(32(35)37)17-16-26(29)22-30(39-3)31(34)36-19-18-28(20-24-12-8-6-9-13-24)33(38)40-23-25-14-10-7-11-15-25/h7,10-11,14-17,21,24,28,30-31,36H,4-6,8-9,12-13,18-20,22-23H2,1-3H3,(H2,35,37)/t28?,30-,31-/m1/s1. The van der Waals surface area contributed by atoms with Gasteiger partial charge in [0, 0.05) is 30.6 Å². The van der Waals surface area contributed by atoms with Crippen LogP contribution >= 0.6 is 0 Å². The van der Waals surface area contributed by atoms with Crippen LogP contribution in [0.4, 0.5) is 0 Å². The number of amides is 1. The number of hydrogen-bond donors (Lipinski definition) is 2. The first-order valence-corrected chi connectivity index (χ1v) is 15.3. The van der Waals surface area contributed by atoms with E-state index in [-0.39, 0.29) is 29.4 Å². The molecule has 0 bridgehead atoms. The molecule has 6 heteroatoms. The van der Waals surface area contributed by atoms with Crippen molar-refractivity contribution in [2.24, 2.45) is 17.6 Å². The van der Waals surface area contributed by atoms with Gasteiger partial charge in [0.05, 0.1) is 12.0 Å². The zero-order valence-electron chi connectivity index (χ0n) is 24.6. The van der Waals surface area contributed by atoms with Gasteiger partial charge >= 0.3 is 5.97 Å². The number of rotatable bonds is 13. The third kappa shape index (κ3) is 6.95. The summed E-state index contributed by atoms with van der Waals surface area (Å²) < 4.78 is 11.9. The molecule has 0 aliphatic heterocycles. The second-order valence-corrected chi connectivity index (χ2v) is 11.8. The van der Waals surface area contributed by atoms with Crippen molar-refractivity contribution in [3.05, 3.63) is 70.8 Å². The second kappa shape index (κ2) is 14.3. The predicted octanol–water partition coefficient (Wildman–Crippen LogP) is 6.09. The molecule has 6 nitrogen and oxygen atoms in total. The normalized spacial score (nSPS) is 21.4. The average Bonchev–Trinajstić information content (AvgIpc) is 2.99. The molecular formula is C34H48N2O4. The maximum absolute atomic E-state index is 13.4. The Balaban J connectivity index is 1.50. The van der Waals surface area contributed by atoms with E-state index in [0.717, 1.165) is 37.7 Å². The quantitative estimate of drug-likeness (QED) is 0.296. The molecule has 2 aromatic rings. The number of benzene rings is 2. The number of hydrogen-bond acceptors (Lipinski definition) is 5. The Hall–Kier alpha value is -2.70. The van der Waals surface area contributed by atoms with E-state index in [1.165, 1.54) is 43.2 Å². The van der Waals surface area contributed by atoms with Crippen LogP contribution in [0.15, 0.2) is 48.5 Å². The van der Waals surface area contributed by atoms with Gasteiger partial charge in [0.25, 0.3) is 0 Å². The number of methoxy groups -OCH3 is 1. The lowest BCUT2D eigenvalue weighted by Crippen LogP contribution is -2.59. The summed E-state index contributed by atoms with van der Waals surface area (Å²) in [6, 6.07) is 15.8. The molecular weight excluding hydrogens is 500 g/mol. The summed E-state index contributed by atoms with van der Waals surface area (Å²) in [5.41, 5.74) is 9.44. The Bertz CT molecular complexity index is 1110. The van der Waals surface area contributed by atoms with Crippen LogP contribution < -0.4 is 11.1 Å². The Morgan fingerprint density at radius 2 is 1.77 bits per heavy atom. The SMILES string of the molecule is CCC1(CC)c2cc(C(N)=O)ccc2C[C@@H](OC)[C@H]1NCCC(CC1CCCCC1)C(=O)OCc1ccccc1. The molecule has 4 rings (SSSR count). The fraction of sp³-hybridized carbons (Fsp3) is 0.588. The van der Waals surface area contributed by atoms with Crippen LogP contribution in [0.25, 0.3) is 0 Å². The maximum atomic E-state index is 13.4. The fourth-order valence-electron chi connectivity index (χ4n) is 7.26. The topological polar surface area (TPSA) is 90.7 Å². The third-order valence-electron chi connectivity index (χ3n) is 9.64. The highest BCUT2D eigenvalue weighted by molar-refractivity contribution is 5.93. The molecule has 3 atom stereocenters. The minimum Gasteiger partial charge on any atom is -0.461 e. The van der Waals surface area contributed by atoms with Crippen LogP contribution in [0, 0.1) is 11.8 Å². The fourth-order valence-corrected chi connectivity index (χ4v) is 7.26. The van der Waals surface area contributed by atoms with Crippen molar-refractivity contribution in [2.75, 3.05) is 13.7 Å². The molecule has 0 aromatic heterocycles. The molecule has 0 radical (unpaired) electrons. The molecule has 218 valence electrons. The van der Waals surface area contributed by atoms with Crippen molar-refractivity contribution in [3.8, 4) is 0 Å². The summed E-state index contributed by atoms with van der Waals surface area (Å²) in [6.45, 7) is 5.44. The smallest absolute Gasteiger partial charge is 0.309 e. The molecule has 2 aliphatic rings. The summed E-state index contributed by atoms with van der Waals surface area (Å²) >= 11 is 0.